The van der Waals surface area contributed by atoms with E-state index in [-0.39, 0.29) is 35.2 Å². The molecule has 2 aliphatic rings. The van der Waals surface area contributed by atoms with Crippen LogP contribution in [-0.2, 0) is 0 Å². The van der Waals surface area contributed by atoms with Crippen molar-refractivity contribution >= 4 is 35.6 Å². The Labute approximate surface area is 159 Å². The molecule has 7 heteroatoms. The van der Waals surface area contributed by atoms with Gasteiger partial charge in [-0.3, -0.25) is 4.99 Å². The van der Waals surface area contributed by atoms with E-state index in [9.17, 15) is 4.39 Å². The van der Waals surface area contributed by atoms with Gasteiger partial charge in [0.1, 0.15) is 5.82 Å². The van der Waals surface area contributed by atoms with Crippen LogP contribution in [-0.4, -0.2) is 43.6 Å². The predicted molar refractivity (Wildman–Crippen MR) is 104 cm³/mol. The van der Waals surface area contributed by atoms with Crippen molar-refractivity contribution in [2.75, 3.05) is 37.6 Å². The van der Waals surface area contributed by atoms with Crippen LogP contribution < -0.4 is 10.6 Å². The molecule has 0 radical (unpaired) electrons. The molecule has 0 spiro atoms. The number of aliphatic imine (C=N–C) groups is 1. The van der Waals surface area contributed by atoms with Crippen LogP contribution in [0.1, 0.15) is 19.3 Å². The zero-order valence-electron chi connectivity index (χ0n) is 13.6. The van der Waals surface area contributed by atoms with Gasteiger partial charge in [0, 0.05) is 50.2 Å². The zero-order valence-corrected chi connectivity index (χ0v) is 15.9. The number of nitriles is 1. The smallest absolute Gasteiger partial charge is 0.191 e. The number of halogens is 2. The third kappa shape index (κ3) is 4.50. The Balaban J connectivity index is 0.00000208. The fraction of sp³-hybridized carbons (Fsp3) is 0.529. The lowest BCUT2D eigenvalue weighted by atomic mass is 10.0. The quantitative estimate of drug-likeness (QED) is 0.442. The van der Waals surface area contributed by atoms with Crippen LogP contribution in [0.5, 0.6) is 0 Å². The van der Waals surface area contributed by atoms with Crippen LogP contribution >= 0.6 is 24.0 Å². The van der Waals surface area contributed by atoms with Gasteiger partial charge in [-0.2, -0.15) is 5.26 Å². The molecule has 130 valence electrons. The summed E-state index contributed by atoms with van der Waals surface area (Å²) in [7, 11) is 0. The first kappa shape index (κ1) is 18.8. The second-order valence-corrected chi connectivity index (χ2v) is 6.46. The minimum Gasteiger partial charge on any atom is -0.370 e. The molecular weight excluding hydrogens is 420 g/mol. The summed E-state index contributed by atoms with van der Waals surface area (Å²) in [5.41, 5.74) is 7.24. The van der Waals surface area contributed by atoms with E-state index in [1.165, 1.54) is 12.1 Å². The SMILES string of the molecule is I.N#CCC1(CN=C(N)N2CCN(c3ccc(F)cc3)CC2)CC1. The molecule has 1 saturated heterocycles. The van der Waals surface area contributed by atoms with Crippen LogP contribution in [0.3, 0.4) is 0 Å². The highest BCUT2D eigenvalue weighted by Gasteiger charge is 2.42. The number of nitrogens with zero attached hydrogens (tertiary/aromatic N) is 4. The lowest BCUT2D eigenvalue weighted by Crippen LogP contribution is -2.51. The molecule has 1 aliphatic heterocycles. The molecule has 0 unspecified atom stereocenters. The highest BCUT2D eigenvalue weighted by atomic mass is 127. The average Bonchev–Trinajstić information content (AvgIpc) is 3.34. The summed E-state index contributed by atoms with van der Waals surface area (Å²) >= 11 is 0. The van der Waals surface area contributed by atoms with Gasteiger partial charge >= 0.3 is 0 Å². The van der Waals surface area contributed by atoms with Crippen LogP contribution in [0.25, 0.3) is 0 Å². The topological polar surface area (TPSA) is 68.6 Å². The molecule has 5 nitrogen and oxygen atoms in total. The van der Waals surface area contributed by atoms with Crippen LogP contribution in [0.2, 0.25) is 0 Å². The first-order chi connectivity index (χ1) is 11.1. The Kier molecular flexibility index (Phi) is 6.27. The molecule has 0 atom stereocenters. The van der Waals surface area contributed by atoms with Gasteiger partial charge in [-0.15, -0.1) is 24.0 Å². The number of hydrogen-bond donors (Lipinski definition) is 1. The molecule has 0 aromatic heterocycles. The molecule has 3 rings (SSSR count). The van der Waals surface area contributed by atoms with Gasteiger partial charge in [0.15, 0.2) is 5.96 Å². The fourth-order valence-corrected chi connectivity index (χ4v) is 2.93. The molecule has 1 aromatic rings. The Bertz CT molecular complexity index is 613. The van der Waals surface area contributed by atoms with Gasteiger partial charge in [0.05, 0.1) is 6.07 Å². The molecule has 0 bridgehead atoms. The fourth-order valence-electron chi connectivity index (χ4n) is 2.93. The summed E-state index contributed by atoms with van der Waals surface area (Å²) in [6, 6.07) is 8.83. The van der Waals surface area contributed by atoms with Gasteiger partial charge in [-0.05, 0) is 37.1 Å². The maximum Gasteiger partial charge on any atom is 0.191 e. The number of nitrogens with two attached hydrogens (primary N) is 1. The van der Waals surface area contributed by atoms with E-state index in [0.29, 0.717) is 18.9 Å². The van der Waals surface area contributed by atoms with Gasteiger partial charge < -0.3 is 15.5 Å². The van der Waals surface area contributed by atoms with Gasteiger partial charge in [-0.25, -0.2) is 4.39 Å². The molecule has 1 aliphatic carbocycles. The molecule has 2 N–H and O–H groups in total. The van der Waals surface area contributed by atoms with Crippen LogP contribution in [0, 0.1) is 22.6 Å². The Hall–Kier alpha value is -1.56. The first-order valence-electron chi connectivity index (χ1n) is 8.04. The molecule has 1 heterocycles. The minimum atomic E-state index is -0.213. The summed E-state index contributed by atoms with van der Waals surface area (Å²) < 4.78 is 13.0. The summed E-state index contributed by atoms with van der Waals surface area (Å²) in [6.07, 6.45) is 2.73. The second kappa shape index (κ2) is 8.01. The number of hydrogen-bond acceptors (Lipinski definition) is 3. The molecular formula is C17H23FIN5. The first-order valence-corrected chi connectivity index (χ1v) is 8.04. The van der Waals surface area contributed by atoms with Gasteiger partial charge in [-0.1, -0.05) is 0 Å². The van der Waals surface area contributed by atoms with Crippen molar-refractivity contribution in [2.45, 2.75) is 19.3 Å². The Morgan fingerprint density at radius 3 is 2.38 bits per heavy atom. The van der Waals surface area contributed by atoms with Crippen molar-refractivity contribution in [3.05, 3.63) is 30.1 Å². The van der Waals surface area contributed by atoms with E-state index in [1.54, 1.807) is 12.1 Å². The predicted octanol–water partition coefficient (Wildman–Crippen LogP) is 2.57. The van der Waals surface area contributed by atoms with Gasteiger partial charge in [0.2, 0.25) is 0 Å². The summed E-state index contributed by atoms with van der Waals surface area (Å²) in [4.78, 5) is 8.82. The third-order valence-corrected chi connectivity index (χ3v) is 4.78. The van der Waals surface area contributed by atoms with Crippen molar-refractivity contribution < 1.29 is 4.39 Å². The van der Waals surface area contributed by atoms with Crippen molar-refractivity contribution in [3.8, 4) is 6.07 Å². The van der Waals surface area contributed by atoms with E-state index in [0.717, 1.165) is 44.7 Å². The molecule has 1 aromatic carbocycles. The van der Waals surface area contributed by atoms with Crippen molar-refractivity contribution in [1.29, 1.82) is 5.26 Å². The van der Waals surface area contributed by atoms with Crippen molar-refractivity contribution in [3.63, 3.8) is 0 Å². The second-order valence-electron chi connectivity index (χ2n) is 6.46. The molecule has 24 heavy (non-hydrogen) atoms. The largest absolute Gasteiger partial charge is 0.370 e. The van der Waals surface area contributed by atoms with E-state index in [4.69, 9.17) is 11.0 Å². The summed E-state index contributed by atoms with van der Waals surface area (Å²) in [6.45, 7) is 3.94. The third-order valence-electron chi connectivity index (χ3n) is 4.78. The minimum absolute atomic E-state index is 0. The highest BCUT2D eigenvalue weighted by molar-refractivity contribution is 14.0. The van der Waals surface area contributed by atoms with E-state index >= 15 is 0 Å². The molecule has 2 fully saturated rings. The lowest BCUT2D eigenvalue weighted by Gasteiger charge is -2.36. The van der Waals surface area contributed by atoms with E-state index < -0.39 is 0 Å². The standard InChI is InChI=1S/C17H22FN5.HI/c18-14-1-3-15(4-2-14)22-9-11-23(12-10-22)16(20)21-13-17(5-6-17)7-8-19;/h1-4H,5-7,9-13H2,(H2,20,21);1H. The number of anilines is 1. The van der Waals surface area contributed by atoms with Crippen LogP contribution in [0.15, 0.2) is 29.3 Å². The summed E-state index contributed by atoms with van der Waals surface area (Å²) in [5.74, 6) is 0.364. The monoisotopic (exact) mass is 443 g/mol. The Morgan fingerprint density at radius 1 is 1.21 bits per heavy atom. The van der Waals surface area contributed by atoms with Crippen molar-refractivity contribution in [2.24, 2.45) is 16.1 Å². The zero-order chi connectivity index (χ0) is 16.3. The average molecular weight is 443 g/mol. The normalized spacial score (nSPS) is 19.4. The maximum atomic E-state index is 13.0. The Morgan fingerprint density at radius 2 is 1.83 bits per heavy atom. The van der Waals surface area contributed by atoms with E-state index in [1.807, 2.05) is 0 Å². The number of piperazine rings is 1. The summed E-state index contributed by atoms with van der Waals surface area (Å²) in [5, 5.41) is 8.84. The number of benzene rings is 1. The number of rotatable bonds is 4. The number of guanidine groups is 1. The molecule has 0 amide bonds. The highest BCUT2D eigenvalue weighted by Crippen LogP contribution is 2.48. The van der Waals surface area contributed by atoms with Gasteiger partial charge in [0.25, 0.3) is 0 Å². The van der Waals surface area contributed by atoms with Crippen molar-refractivity contribution in [1.82, 2.24) is 4.90 Å². The van der Waals surface area contributed by atoms with Crippen LogP contribution in [0.4, 0.5) is 10.1 Å². The lowest BCUT2D eigenvalue weighted by molar-refractivity contribution is 0.378. The van der Waals surface area contributed by atoms with E-state index in [2.05, 4.69) is 20.9 Å². The maximum absolute atomic E-state index is 13.0. The molecule has 1 saturated carbocycles.